The van der Waals surface area contributed by atoms with Crippen LogP contribution in [-0.2, 0) is 34.2 Å². The first kappa shape index (κ1) is 21.6. The maximum atomic E-state index is 13.0. The van der Waals surface area contributed by atoms with E-state index in [0.717, 1.165) is 67.1 Å². The van der Waals surface area contributed by atoms with Crippen molar-refractivity contribution in [3.63, 3.8) is 0 Å². The van der Waals surface area contributed by atoms with E-state index in [9.17, 15) is 13.2 Å². The Kier molecular flexibility index (Phi) is 5.65. The van der Waals surface area contributed by atoms with E-state index < -0.39 is 10.0 Å². The summed E-state index contributed by atoms with van der Waals surface area (Å²) in [7, 11) is -3.76. The van der Waals surface area contributed by atoms with Crippen molar-refractivity contribution in [3.05, 3.63) is 53.9 Å². The van der Waals surface area contributed by atoms with Gasteiger partial charge in [0, 0.05) is 43.4 Å². The number of carbonyl (C=O) groups excluding carboxylic acids is 1. The molecule has 0 unspecified atom stereocenters. The van der Waals surface area contributed by atoms with Gasteiger partial charge >= 0.3 is 0 Å². The van der Waals surface area contributed by atoms with Gasteiger partial charge in [-0.2, -0.15) is 0 Å². The van der Waals surface area contributed by atoms with Gasteiger partial charge in [0.25, 0.3) is 10.0 Å². The molecule has 1 amide bonds. The summed E-state index contributed by atoms with van der Waals surface area (Å²) >= 11 is 0. The molecule has 3 aromatic rings. The van der Waals surface area contributed by atoms with Crippen LogP contribution >= 0.6 is 0 Å². The molecule has 2 aromatic carbocycles. The summed E-state index contributed by atoms with van der Waals surface area (Å²) < 4.78 is 30.9. The lowest BCUT2D eigenvalue weighted by Gasteiger charge is -2.28. The lowest BCUT2D eigenvalue weighted by Crippen LogP contribution is -2.33. The molecule has 5 rings (SSSR count). The van der Waals surface area contributed by atoms with Crippen LogP contribution in [0.4, 0.5) is 11.4 Å². The van der Waals surface area contributed by atoms with Crippen LogP contribution in [0.25, 0.3) is 11.4 Å². The van der Waals surface area contributed by atoms with Crippen molar-refractivity contribution < 1.29 is 13.2 Å². The molecule has 2 aliphatic heterocycles. The molecule has 0 radical (unpaired) electrons. The van der Waals surface area contributed by atoms with E-state index in [0.29, 0.717) is 12.2 Å². The summed E-state index contributed by atoms with van der Waals surface area (Å²) in [6, 6.07) is 12.2. The zero-order valence-electron chi connectivity index (χ0n) is 18.6. The van der Waals surface area contributed by atoms with Crippen LogP contribution in [0, 0.1) is 0 Å². The molecule has 0 aliphatic carbocycles. The van der Waals surface area contributed by atoms with E-state index in [1.807, 2.05) is 12.1 Å². The summed E-state index contributed by atoms with van der Waals surface area (Å²) in [5, 5.41) is 8.71. The summed E-state index contributed by atoms with van der Waals surface area (Å²) in [6.07, 6.45) is 5.95. The first-order valence-electron chi connectivity index (χ1n) is 11.4. The number of hydrogen-bond acceptors (Lipinski definition) is 5. The summed E-state index contributed by atoms with van der Waals surface area (Å²) in [5.74, 6) is 1.81. The Morgan fingerprint density at radius 2 is 1.76 bits per heavy atom. The number of sulfonamides is 1. The van der Waals surface area contributed by atoms with Gasteiger partial charge in [0.2, 0.25) is 5.91 Å². The Balaban J connectivity index is 1.36. The van der Waals surface area contributed by atoms with Crippen molar-refractivity contribution in [2.24, 2.45) is 0 Å². The van der Waals surface area contributed by atoms with E-state index in [2.05, 4.69) is 19.5 Å². The zero-order chi connectivity index (χ0) is 23.0. The van der Waals surface area contributed by atoms with Crippen molar-refractivity contribution in [2.45, 2.75) is 56.9 Å². The standard InChI is InChI=1S/C24H27N5O3S/c1-17(30)28-15-5-6-19-16-21(12-13-22(19)28)33(31,32)27-20-10-8-18(9-11-20)24-26-25-23-7-3-2-4-14-29(23)24/h8-13,16,27H,2-7,14-15H2,1H3. The van der Waals surface area contributed by atoms with E-state index in [1.165, 1.54) is 13.3 Å². The average Bonchev–Trinajstić information content (AvgIpc) is 3.06. The number of aromatic nitrogens is 3. The van der Waals surface area contributed by atoms with E-state index >= 15 is 0 Å². The monoisotopic (exact) mass is 465 g/mol. The number of amides is 1. The largest absolute Gasteiger partial charge is 0.312 e. The molecule has 0 bridgehead atoms. The Bertz CT molecular complexity index is 1300. The van der Waals surface area contributed by atoms with Gasteiger partial charge in [-0.1, -0.05) is 6.42 Å². The van der Waals surface area contributed by atoms with Gasteiger partial charge in [0.05, 0.1) is 4.90 Å². The topological polar surface area (TPSA) is 97.2 Å². The number of hydrogen-bond donors (Lipinski definition) is 1. The van der Waals surface area contributed by atoms with Crippen LogP contribution < -0.4 is 9.62 Å². The molecule has 0 saturated carbocycles. The number of nitrogens with zero attached hydrogens (tertiary/aromatic N) is 4. The number of anilines is 2. The summed E-state index contributed by atoms with van der Waals surface area (Å²) in [6.45, 7) is 3.10. The van der Waals surface area contributed by atoms with E-state index in [4.69, 9.17) is 0 Å². The lowest BCUT2D eigenvalue weighted by atomic mass is 10.0. The van der Waals surface area contributed by atoms with Gasteiger partial charge in [-0.25, -0.2) is 8.42 Å². The molecule has 0 spiro atoms. The molecule has 172 valence electrons. The zero-order valence-corrected chi connectivity index (χ0v) is 19.4. The van der Waals surface area contributed by atoms with Gasteiger partial charge in [0.15, 0.2) is 5.82 Å². The Morgan fingerprint density at radius 1 is 0.939 bits per heavy atom. The van der Waals surface area contributed by atoms with Crippen molar-refractivity contribution in [1.29, 1.82) is 0 Å². The summed E-state index contributed by atoms with van der Waals surface area (Å²) in [4.78, 5) is 13.8. The smallest absolute Gasteiger partial charge is 0.261 e. The molecule has 33 heavy (non-hydrogen) atoms. The first-order valence-corrected chi connectivity index (χ1v) is 12.9. The minimum atomic E-state index is -3.76. The minimum Gasteiger partial charge on any atom is -0.312 e. The Morgan fingerprint density at radius 3 is 2.55 bits per heavy atom. The molecule has 1 aromatic heterocycles. The third kappa shape index (κ3) is 4.25. The normalized spacial score (nSPS) is 16.0. The van der Waals surface area contributed by atoms with Gasteiger partial charge < -0.3 is 9.47 Å². The van der Waals surface area contributed by atoms with Crippen LogP contribution in [0.3, 0.4) is 0 Å². The Hall–Kier alpha value is -3.20. The van der Waals surface area contributed by atoms with Crippen LogP contribution in [0.1, 0.15) is 44.0 Å². The molecule has 8 nitrogen and oxygen atoms in total. The van der Waals surface area contributed by atoms with Crippen molar-refractivity contribution in [3.8, 4) is 11.4 Å². The highest BCUT2D eigenvalue weighted by molar-refractivity contribution is 7.92. The highest BCUT2D eigenvalue weighted by atomic mass is 32.2. The number of carbonyl (C=O) groups is 1. The van der Waals surface area contributed by atoms with Crippen LogP contribution in [0.15, 0.2) is 47.4 Å². The molecule has 0 atom stereocenters. The molecule has 0 fully saturated rings. The lowest BCUT2D eigenvalue weighted by molar-refractivity contribution is -0.116. The van der Waals surface area contributed by atoms with E-state index in [-0.39, 0.29) is 10.8 Å². The fraction of sp³-hybridized carbons (Fsp3) is 0.375. The molecular weight excluding hydrogens is 438 g/mol. The molecule has 9 heteroatoms. The fourth-order valence-electron chi connectivity index (χ4n) is 4.67. The first-order chi connectivity index (χ1) is 15.9. The van der Waals surface area contributed by atoms with Crippen molar-refractivity contribution in [2.75, 3.05) is 16.2 Å². The Labute approximate surface area is 193 Å². The molecule has 2 aliphatic rings. The number of rotatable bonds is 4. The predicted molar refractivity (Wildman–Crippen MR) is 127 cm³/mol. The quantitative estimate of drug-likeness (QED) is 0.633. The SMILES string of the molecule is CC(=O)N1CCCc2cc(S(=O)(=O)Nc3ccc(-c4nnc5n4CCCCC5)cc3)ccc21. The van der Waals surface area contributed by atoms with Gasteiger partial charge in [-0.3, -0.25) is 9.52 Å². The molecule has 0 saturated heterocycles. The average molecular weight is 466 g/mol. The number of nitrogens with one attached hydrogen (secondary N) is 1. The number of aryl methyl sites for hydroxylation is 2. The molecular formula is C24H27N5O3S. The predicted octanol–water partition coefficient (Wildman–Crippen LogP) is 3.77. The highest BCUT2D eigenvalue weighted by Crippen LogP contribution is 2.30. The van der Waals surface area contributed by atoms with Crippen LogP contribution in [0.5, 0.6) is 0 Å². The maximum Gasteiger partial charge on any atom is 0.261 e. The maximum absolute atomic E-state index is 13.0. The van der Waals surface area contributed by atoms with E-state index in [1.54, 1.807) is 35.2 Å². The minimum absolute atomic E-state index is 0.0330. The molecule has 1 N–H and O–H groups in total. The van der Waals surface area contributed by atoms with Gasteiger partial charge in [-0.05, 0) is 73.7 Å². The highest BCUT2D eigenvalue weighted by Gasteiger charge is 2.23. The van der Waals surface area contributed by atoms with Crippen LogP contribution in [-0.4, -0.2) is 35.6 Å². The second-order valence-corrected chi connectivity index (χ2v) is 10.3. The third-order valence-electron chi connectivity index (χ3n) is 6.36. The van der Waals surface area contributed by atoms with Gasteiger partial charge in [-0.15, -0.1) is 10.2 Å². The third-order valence-corrected chi connectivity index (χ3v) is 7.74. The number of benzene rings is 2. The second-order valence-electron chi connectivity index (χ2n) is 8.65. The second kappa shape index (κ2) is 8.62. The molecule has 3 heterocycles. The summed E-state index contributed by atoms with van der Waals surface area (Å²) in [5.41, 5.74) is 3.07. The van der Waals surface area contributed by atoms with Crippen molar-refractivity contribution >= 4 is 27.3 Å². The van der Waals surface area contributed by atoms with Gasteiger partial charge in [0.1, 0.15) is 5.82 Å². The number of fused-ring (bicyclic) bond motifs is 2. The fourth-order valence-corrected chi connectivity index (χ4v) is 5.78. The van der Waals surface area contributed by atoms with Crippen LogP contribution in [0.2, 0.25) is 0 Å². The van der Waals surface area contributed by atoms with Crippen molar-refractivity contribution in [1.82, 2.24) is 14.8 Å².